The molecule has 3 aromatic rings. The Labute approximate surface area is 167 Å². The lowest BCUT2D eigenvalue weighted by Crippen LogP contribution is -2.25. The molecule has 0 atom stereocenters. The van der Waals surface area contributed by atoms with Crippen LogP contribution in [0.5, 0.6) is 0 Å². The van der Waals surface area contributed by atoms with Crippen LogP contribution in [-0.4, -0.2) is 18.6 Å². The summed E-state index contributed by atoms with van der Waals surface area (Å²) in [5, 5.41) is 0. The van der Waals surface area contributed by atoms with Crippen molar-refractivity contribution in [2.75, 3.05) is 23.5 Å². The van der Waals surface area contributed by atoms with E-state index in [4.69, 9.17) is 0 Å². The number of nitrogens with zero attached hydrogens (tertiary/aromatic N) is 2. The smallest absolute Gasteiger partial charge is 0.169 e. The SMILES string of the molecule is CSCCN(Cc1ccccc1)c1ccc(/C=C/c2cc[n+](C)cc2)cc1. The van der Waals surface area contributed by atoms with Crippen LogP contribution >= 0.6 is 11.8 Å². The van der Waals surface area contributed by atoms with Crippen LogP contribution in [0.3, 0.4) is 0 Å². The monoisotopic (exact) mass is 375 g/mol. The Balaban J connectivity index is 1.71. The summed E-state index contributed by atoms with van der Waals surface area (Å²) in [7, 11) is 2.03. The van der Waals surface area contributed by atoms with Gasteiger partial charge in [0, 0.05) is 36.7 Å². The van der Waals surface area contributed by atoms with Gasteiger partial charge in [0.05, 0.1) is 0 Å². The standard InChI is InChI=1S/C24H27N2S/c1-25-16-14-22(15-17-25)9-8-21-10-12-24(13-11-21)26(18-19-27-2)20-23-6-4-3-5-7-23/h3-17H,18-20H2,1-2H3/q+1. The molecule has 0 radical (unpaired) electrons. The van der Waals surface area contributed by atoms with Crippen LogP contribution in [-0.2, 0) is 13.6 Å². The molecular formula is C24H27N2S+. The maximum absolute atomic E-state index is 2.45. The average molecular weight is 376 g/mol. The molecule has 0 spiro atoms. The summed E-state index contributed by atoms with van der Waals surface area (Å²) in [4.78, 5) is 2.45. The van der Waals surface area contributed by atoms with E-state index in [1.165, 1.54) is 22.4 Å². The lowest BCUT2D eigenvalue weighted by molar-refractivity contribution is -0.671. The van der Waals surface area contributed by atoms with Gasteiger partial charge in [0.1, 0.15) is 7.05 Å². The second-order valence-corrected chi connectivity index (χ2v) is 7.61. The normalized spacial score (nSPS) is 11.0. The van der Waals surface area contributed by atoms with Crippen LogP contribution in [0.25, 0.3) is 12.2 Å². The molecule has 0 aliphatic heterocycles. The third-order valence-electron chi connectivity index (χ3n) is 4.51. The van der Waals surface area contributed by atoms with Crippen molar-refractivity contribution in [3.63, 3.8) is 0 Å². The molecule has 0 saturated carbocycles. The molecule has 0 amide bonds. The lowest BCUT2D eigenvalue weighted by atomic mass is 10.1. The van der Waals surface area contributed by atoms with E-state index >= 15 is 0 Å². The highest BCUT2D eigenvalue weighted by Gasteiger charge is 2.07. The first-order valence-corrected chi connectivity index (χ1v) is 10.7. The van der Waals surface area contributed by atoms with Gasteiger partial charge >= 0.3 is 0 Å². The summed E-state index contributed by atoms with van der Waals surface area (Å²) in [6.07, 6.45) is 10.6. The van der Waals surface area contributed by atoms with E-state index in [2.05, 4.69) is 102 Å². The third-order valence-corrected chi connectivity index (χ3v) is 5.10. The van der Waals surface area contributed by atoms with Gasteiger partial charge in [0.25, 0.3) is 0 Å². The van der Waals surface area contributed by atoms with Crippen molar-refractivity contribution >= 4 is 29.6 Å². The fraction of sp³-hybridized carbons (Fsp3) is 0.208. The minimum atomic E-state index is 0.942. The highest BCUT2D eigenvalue weighted by Crippen LogP contribution is 2.20. The van der Waals surface area contributed by atoms with Crippen LogP contribution in [0.1, 0.15) is 16.7 Å². The number of pyridine rings is 1. The number of anilines is 1. The topological polar surface area (TPSA) is 7.12 Å². The van der Waals surface area contributed by atoms with E-state index in [9.17, 15) is 0 Å². The Morgan fingerprint density at radius 2 is 1.48 bits per heavy atom. The molecule has 2 nitrogen and oxygen atoms in total. The Bertz CT molecular complexity index is 840. The number of aromatic nitrogens is 1. The summed E-state index contributed by atoms with van der Waals surface area (Å²) in [5.74, 6) is 1.12. The second-order valence-electron chi connectivity index (χ2n) is 6.62. The van der Waals surface area contributed by atoms with Crippen LogP contribution in [0.2, 0.25) is 0 Å². The molecule has 0 fully saturated rings. The van der Waals surface area contributed by atoms with Gasteiger partial charge in [0.15, 0.2) is 12.4 Å². The first-order chi connectivity index (χ1) is 13.2. The van der Waals surface area contributed by atoms with E-state index in [1.54, 1.807) is 0 Å². The Morgan fingerprint density at radius 3 is 2.11 bits per heavy atom. The second kappa shape index (κ2) is 9.98. The van der Waals surface area contributed by atoms with Crippen molar-refractivity contribution < 1.29 is 4.57 Å². The van der Waals surface area contributed by atoms with Crippen molar-refractivity contribution in [3.05, 3.63) is 95.8 Å². The Morgan fingerprint density at radius 1 is 0.852 bits per heavy atom. The van der Waals surface area contributed by atoms with Gasteiger partial charge in [-0.3, -0.25) is 0 Å². The minimum absolute atomic E-state index is 0.942. The molecule has 138 valence electrons. The molecule has 0 unspecified atom stereocenters. The van der Waals surface area contributed by atoms with Gasteiger partial charge in [-0.2, -0.15) is 11.8 Å². The summed E-state index contributed by atoms with van der Waals surface area (Å²) in [5.41, 5.74) is 5.05. The van der Waals surface area contributed by atoms with Gasteiger partial charge in [-0.25, -0.2) is 4.57 Å². The number of benzene rings is 2. The molecule has 0 aliphatic rings. The first kappa shape index (κ1) is 19.2. The van der Waals surface area contributed by atoms with E-state index < -0.39 is 0 Å². The lowest BCUT2D eigenvalue weighted by Gasteiger charge is -2.25. The molecule has 3 rings (SSSR count). The van der Waals surface area contributed by atoms with Crippen LogP contribution in [0, 0.1) is 0 Å². The summed E-state index contributed by atoms with van der Waals surface area (Å²) < 4.78 is 2.04. The molecule has 2 aromatic carbocycles. The molecule has 3 heteroatoms. The van der Waals surface area contributed by atoms with Crippen molar-refractivity contribution in [2.45, 2.75) is 6.54 Å². The van der Waals surface area contributed by atoms with Crippen molar-refractivity contribution in [2.24, 2.45) is 7.05 Å². The molecular weight excluding hydrogens is 348 g/mol. The van der Waals surface area contributed by atoms with Crippen molar-refractivity contribution in [1.82, 2.24) is 0 Å². The maximum atomic E-state index is 2.45. The zero-order valence-electron chi connectivity index (χ0n) is 16.1. The average Bonchev–Trinajstić information content (AvgIpc) is 2.72. The summed E-state index contributed by atoms with van der Waals surface area (Å²) in [6, 6.07) is 23.8. The van der Waals surface area contributed by atoms with Crippen LogP contribution in [0.4, 0.5) is 5.69 Å². The summed E-state index contributed by atoms with van der Waals surface area (Å²) in [6.45, 7) is 1.99. The third kappa shape index (κ3) is 6.00. The van der Waals surface area contributed by atoms with Crippen molar-refractivity contribution in [1.29, 1.82) is 0 Å². The fourth-order valence-corrected chi connectivity index (χ4v) is 3.32. The van der Waals surface area contributed by atoms with Crippen LogP contribution in [0.15, 0.2) is 79.1 Å². The van der Waals surface area contributed by atoms with E-state index in [1.807, 2.05) is 23.4 Å². The van der Waals surface area contributed by atoms with E-state index in [-0.39, 0.29) is 0 Å². The van der Waals surface area contributed by atoms with Gasteiger partial charge in [0.2, 0.25) is 0 Å². The fourth-order valence-electron chi connectivity index (χ4n) is 2.92. The Hall–Kier alpha value is -2.52. The number of hydrogen-bond donors (Lipinski definition) is 0. The van der Waals surface area contributed by atoms with E-state index in [0.29, 0.717) is 0 Å². The minimum Gasteiger partial charge on any atom is -0.366 e. The van der Waals surface area contributed by atoms with Gasteiger partial charge in [-0.05, 0) is 35.1 Å². The largest absolute Gasteiger partial charge is 0.366 e. The maximum Gasteiger partial charge on any atom is 0.169 e. The molecule has 0 saturated heterocycles. The molecule has 0 bridgehead atoms. The van der Waals surface area contributed by atoms with Crippen molar-refractivity contribution in [3.8, 4) is 0 Å². The molecule has 1 heterocycles. The van der Waals surface area contributed by atoms with E-state index in [0.717, 1.165) is 18.8 Å². The zero-order chi connectivity index (χ0) is 18.9. The molecule has 27 heavy (non-hydrogen) atoms. The highest BCUT2D eigenvalue weighted by molar-refractivity contribution is 7.98. The molecule has 0 N–H and O–H groups in total. The number of hydrogen-bond acceptors (Lipinski definition) is 2. The number of thioether (sulfide) groups is 1. The molecule has 0 aliphatic carbocycles. The zero-order valence-corrected chi connectivity index (χ0v) is 16.9. The van der Waals surface area contributed by atoms with Crippen LogP contribution < -0.4 is 9.47 Å². The highest BCUT2D eigenvalue weighted by atomic mass is 32.2. The predicted molar refractivity (Wildman–Crippen MR) is 119 cm³/mol. The Kier molecular flexibility index (Phi) is 7.11. The predicted octanol–water partition coefficient (Wildman–Crippen LogP) is 5.05. The summed E-state index contributed by atoms with van der Waals surface area (Å²) >= 11 is 1.89. The van der Waals surface area contributed by atoms with Gasteiger partial charge < -0.3 is 4.90 Å². The number of rotatable bonds is 8. The van der Waals surface area contributed by atoms with Gasteiger partial charge in [-0.15, -0.1) is 0 Å². The number of aryl methyl sites for hydroxylation is 1. The van der Waals surface area contributed by atoms with Gasteiger partial charge in [-0.1, -0.05) is 54.6 Å². The molecule has 1 aromatic heterocycles. The first-order valence-electron chi connectivity index (χ1n) is 9.26. The quantitative estimate of drug-likeness (QED) is 0.509.